The Bertz CT molecular complexity index is 205. The molecular formula is C9H16N2O. The summed E-state index contributed by atoms with van der Waals surface area (Å²) in [6.45, 7) is 4.14. The average Bonchev–Trinajstić information content (AvgIpc) is 2.24. The van der Waals surface area contributed by atoms with E-state index in [9.17, 15) is 4.79 Å². The lowest BCUT2D eigenvalue weighted by atomic mass is 10.1. The van der Waals surface area contributed by atoms with Crippen LogP contribution >= 0.6 is 0 Å². The number of rotatable bonds is 0. The van der Waals surface area contributed by atoms with Crippen LogP contribution in [-0.4, -0.2) is 29.6 Å². The zero-order chi connectivity index (χ0) is 8.60. The Morgan fingerprint density at radius 2 is 2.33 bits per heavy atom. The van der Waals surface area contributed by atoms with Gasteiger partial charge in [-0.3, -0.25) is 10.1 Å². The summed E-state index contributed by atoms with van der Waals surface area (Å²) in [4.78, 5) is 13.5. The Balaban J connectivity index is 2.19. The largest absolute Gasteiger partial charge is 0.325 e. The van der Waals surface area contributed by atoms with Crippen molar-refractivity contribution in [3.8, 4) is 0 Å². The highest BCUT2D eigenvalue weighted by molar-refractivity contribution is 5.79. The molecule has 0 radical (unpaired) electrons. The van der Waals surface area contributed by atoms with Crippen LogP contribution in [0.5, 0.6) is 0 Å². The lowest BCUT2D eigenvalue weighted by Gasteiger charge is -2.34. The summed E-state index contributed by atoms with van der Waals surface area (Å²) >= 11 is 0. The van der Waals surface area contributed by atoms with Crippen LogP contribution in [-0.2, 0) is 4.79 Å². The number of fused-ring (bicyclic) bond motifs is 1. The Labute approximate surface area is 73.1 Å². The fraction of sp³-hybridized carbons (Fsp3) is 0.889. The molecular weight excluding hydrogens is 152 g/mol. The number of amides is 1. The second kappa shape index (κ2) is 2.73. The van der Waals surface area contributed by atoms with E-state index in [1.807, 2.05) is 4.90 Å². The van der Waals surface area contributed by atoms with Crippen molar-refractivity contribution in [1.82, 2.24) is 10.2 Å². The van der Waals surface area contributed by atoms with Gasteiger partial charge in [-0.2, -0.15) is 0 Å². The molecule has 2 aliphatic rings. The Morgan fingerprint density at radius 3 is 3.17 bits per heavy atom. The van der Waals surface area contributed by atoms with E-state index in [0.29, 0.717) is 5.91 Å². The first kappa shape index (κ1) is 8.05. The molecule has 0 aliphatic carbocycles. The molecule has 2 rings (SSSR count). The Kier molecular flexibility index (Phi) is 1.83. The van der Waals surface area contributed by atoms with E-state index >= 15 is 0 Å². The van der Waals surface area contributed by atoms with Crippen molar-refractivity contribution in [2.45, 2.75) is 38.3 Å². The summed E-state index contributed by atoms with van der Waals surface area (Å²) in [5.41, 5.74) is -0.0203. The maximum Gasteiger partial charge on any atom is 0.224 e. The number of carbonyl (C=O) groups is 1. The van der Waals surface area contributed by atoms with Gasteiger partial charge in [-0.25, -0.2) is 0 Å². The second-order valence-corrected chi connectivity index (χ2v) is 3.95. The molecule has 0 bridgehead atoms. The van der Waals surface area contributed by atoms with E-state index in [0.717, 1.165) is 32.4 Å². The summed E-state index contributed by atoms with van der Waals surface area (Å²) in [5, 5.41) is 3.46. The topological polar surface area (TPSA) is 32.3 Å². The molecule has 3 nitrogen and oxygen atoms in total. The maximum absolute atomic E-state index is 11.5. The van der Waals surface area contributed by atoms with Crippen LogP contribution in [0.15, 0.2) is 0 Å². The van der Waals surface area contributed by atoms with Crippen LogP contribution in [0.4, 0.5) is 0 Å². The quantitative estimate of drug-likeness (QED) is 0.577. The predicted molar refractivity (Wildman–Crippen MR) is 46.6 cm³/mol. The highest BCUT2D eigenvalue weighted by atomic mass is 16.2. The fourth-order valence-electron chi connectivity index (χ4n) is 2.20. The van der Waals surface area contributed by atoms with Crippen molar-refractivity contribution >= 4 is 5.91 Å². The molecule has 3 heteroatoms. The standard InChI is InChI=1S/C9H16N2O/c1-9-5-4-8(12)11(9)7-3-2-6-10-9/h10H,2-7H2,1H3/t9-/m0/s1. The number of hydrogen-bond donors (Lipinski definition) is 1. The molecule has 1 N–H and O–H groups in total. The van der Waals surface area contributed by atoms with Gasteiger partial charge in [-0.1, -0.05) is 0 Å². The first-order chi connectivity index (χ1) is 5.72. The molecule has 2 fully saturated rings. The van der Waals surface area contributed by atoms with Crippen molar-refractivity contribution in [3.63, 3.8) is 0 Å². The summed E-state index contributed by atoms with van der Waals surface area (Å²) in [6.07, 6.45) is 4.04. The molecule has 2 heterocycles. The fourth-order valence-corrected chi connectivity index (χ4v) is 2.20. The average molecular weight is 168 g/mol. The molecule has 1 atom stereocenters. The number of carbonyl (C=O) groups excluding carboxylic acids is 1. The van der Waals surface area contributed by atoms with Gasteiger partial charge in [0.1, 0.15) is 0 Å². The molecule has 1 amide bonds. The van der Waals surface area contributed by atoms with Crippen molar-refractivity contribution < 1.29 is 4.79 Å². The molecule has 0 aromatic carbocycles. The van der Waals surface area contributed by atoms with E-state index in [4.69, 9.17) is 0 Å². The second-order valence-electron chi connectivity index (χ2n) is 3.95. The summed E-state index contributed by atoms with van der Waals surface area (Å²) < 4.78 is 0. The normalized spacial score (nSPS) is 36.4. The molecule has 0 aromatic rings. The highest BCUT2D eigenvalue weighted by Gasteiger charge is 2.41. The molecule has 0 saturated carbocycles. The van der Waals surface area contributed by atoms with Crippen LogP contribution in [0.2, 0.25) is 0 Å². The monoisotopic (exact) mass is 168 g/mol. The van der Waals surface area contributed by atoms with Crippen molar-refractivity contribution in [2.75, 3.05) is 13.1 Å². The van der Waals surface area contributed by atoms with Gasteiger partial charge in [0.25, 0.3) is 0 Å². The molecule has 2 saturated heterocycles. The zero-order valence-electron chi connectivity index (χ0n) is 7.60. The van der Waals surface area contributed by atoms with Crippen LogP contribution in [0.1, 0.15) is 32.6 Å². The van der Waals surface area contributed by atoms with E-state index in [2.05, 4.69) is 12.2 Å². The smallest absolute Gasteiger partial charge is 0.224 e. The van der Waals surface area contributed by atoms with Crippen LogP contribution in [0, 0.1) is 0 Å². The van der Waals surface area contributed by atoms with Crippen LogP contribution in [0.3, 0.4) is 0 Å². The molecule has 0 aromatic heterocycles. The van der Waals surface area contributed by atoms with Crippen molar-refractivity contribution in [1.29, 1.82) is 0 Å². The third-order valence-electron chi connectivity index (χ3n) is 3.04. The number of nitrogens with zero attached hydrogens (tertiary/aromatic N) is 1. The number of nitrogens with one attached hydrogen (secondary N) is 1. The summed E-state index contributed by atoms with van der Waals surface area (Å²) in [5.74, 6) is 0.326. The van der Waals surface area contributed by atoms with Crippen LogP contribution < -0.4 is 5.32 Å². The number of hydrogen-bond acceptors (Lipinski definition) is 2. The molecule has 2 aliphatic heterocycles. The predicted octanol–water partition coefficient (Wildman–Crippen LogP) is 0.708. The van der Waals surface area contributed by atoms with Gasteiger partial charge >= 0.3 is 0 Å². The van der Waals surface area contributed by atoms with Crippen LogP contribution in [0.25, 0.3) is 0 Å². The van der Waals surface area contributed by atoms with Gasteiger partial charge in [0, 0.05) is 13.0 Å². The lowest BCUT2D eigenvalue weighted by molar-refractivity contribution is -0.131. The first-order valence-electron chi connectivity index (χ1n) is 4.78. The van der Waals surface area contributed by atoms with Gasteiger partial charge in [0.15, 0.2) is 0 Å². The van der Waals surface area contributed by atoms with Gasteiger partial charge < -0.3 is 4.90 Å². The third-order valence-corrected chi connectivity index (χ3v) is 3.04. The van der Waals surface area contributed by atoms with Crippen molar-refractivity contribution in [2.24, 2.45) is 0 Å². The van der Waals surface area contributed by atoms with Gasteiger partial charge in [0.2, 0.25) is 5.91 Å². The molecule has 0 unspecified atom stereocenters. The zero-order valence-corrected chi connectivity index (χ0v) is 7.60. The van der Waals surface area contributed by atoms with E-state index in [1.165, 1.54) is 6.42 Å². The lowest BCUT2D eigenvalue weighted by Crippen LogP contribution is -2.52. The maximum atomic E-state index is 11.5. The van der Waals surface area contributed by atoms with E-state index in [-0.39, 0.29) is 5.66 Å². The minimum atomic E-state index is -0.0203. The third kappa shape index (κ3) is 1.12. The minimum Gasteiger partial charge on any atom is -0.325 e. The Morgan fingerprint density at radius 1 is 1.50 bits per heavy atom. The molecule has 68 valence electrons. The van der Waals surface area contributed by atoms with Gasteiger partial charge in [-0.05, 0) is 32.7 Å². The van der Waals surface area contributed by atoms with E-state index < -0.39 is 0 Å². The van der Waals surface area contributed by atoms with Gasteiger partial charge in [0.05, 0.1) is 5.66 Å². The van der Waals surface area contributed by atoms with E-state index in [1.54, 1.807) is 0 Å². The minimum absolute atomic E-state index is 0.0203. The van der Waals surface area contributed by atoms with Crippen molar-refractivity contribution in [3.05, 3.63) is 0 Å². The first-order valence-corrected chi connectivity index (χ1v) is 4.78. The SMILES string of the molecule is C[C@@]12CCC(=O)N1CCCCN2. The summed E-state index contributed by atoms with van der Waals surface area (Å²) in [7, 11) is 0. The van der Waals surface area contributed by atoms with Gasteiger partial charge in [-0.15, -0.1) is 0 Å². The highest BCUT2D eigenvalue weighted by Crippen LogP contribution is 2.29. The Hall–Kier alpha value is -0.570. The summed E-state index contributed by atoms with van der Waals surface area (Å²) in [6, 6.07) is 0. The molecule has 12 heavy (non-hydrogen) atoms. The molecule has 0 spiro atoms.